The molecule has 0 bridgehead atoms. The molecule has 0 spiro atoms. The summed E-state index contributed by atoms with van der Waals surface area (Å²) in [6.45, 7) is 0. The zero-order valence-electron chi connectivity index (χ0n) is 9.76. The van der Waals surface area contributed by atoms with Crippen LogP contribution in [0.3, 0.4) is 0 Å². The van der Waals surface area contributed by atoms with E-state index in [0.29, 0.717) is 22.8 Å². The zero-order chi connectivity index (χ0) is 12.7. The first kappa shape index (κ1) is 11.3. The quantitative estimate of drug-likeness (QED) is 0.794. The molecule has 1 aliphatic rings. The molecule has 1 aromatic carbocycles. The molecule has 92 valence electrons. The minimum Gasteiger partial charge on any atom is -0.483 e. The van der Waals surface area contributed by atoms with Crippen molar-refractivity contribution in [3.8, 4) is 5.75 Å². The Morgan fingerprint density at radius 2 is 2.33 bits per heavy atom. The first-order valence-corrected chi connectivity index (χ1v) is 5.98. The molecule has 1 atom stereocenters. The lowest BCUT2D eigenvalue weighted by Gasteiger charge is -2.25. The number of carbonyl (C=O) groups is 1. The Bertz CT molecular complexity index is 621. The van der Waals surface area contributed by atoms with E-state index >= 15 is 0 Å². The maximum atomic E-state index is 12.1. The predicted octanol–water partition coefficient (Wildman–Crippen LogP) is 2.78. The number of rotatable bonds is 1. The van der Waals surface area contributed by atoms with Gasteiger partial charge in [0.2, 0.25) is 0 Å². The summed E-state index contributed by atoms with van der Waals surface area (Å²) in [4.78, 5) is 16.1. The number of fused-ring (bicyclic) bond motifs is 1. The number of aryl methyl sites for hydroxylation is 1. The number of aromatic nitrogens is 2. The third-order valence-corrected chi connectivity index (χ3v) is 3.30. The topological polar surface area (TPSA) is 44.1 Å². The van der Waals surface area contributed by atoms with Crippen LogP contribution in [0.1, 0.15) is 28.6 Å². The number of hydrogen-bond donors (Lipinski definition) is 0. The number of Topliss-reactive ketones (excluding diaryl/α,β-unsaturated/α-hetero) is 1. The van der Waals surface area contributed by atoms with Gasteiger partial charge in [-0.15, -0.1) is 0 Å². The average molecular weight is 263 g/mol. The molecule has 1 unspecified atom stereocenters. The van der Waals surface area contributed by atoms with Gasteiger partial charge in [0.1, 0.15) is 11.9 Å². The number of imidazole rings is 1. The molecule has 1 aromatic heterocycles. The number of nitrogens with zero attached hydrogens (tertiary/aromatic N) is 2. The second-order valence-electron chi connectivity index (χ2n) is 4.30. The highest BCUT2D eigenvalue weighted by atomic mass is 35.5. The Morgan fingerprint density at radius 1 is 1.50 bits per heavy atom. The Balaban J connectivity index is 2.00. The largest absolute Gasteiger partial charge is 0.483 e. The third-order valence-electron chi connectivity index (χ3n) is 3.07. The maximum absolute atomic E-state index is 12.1. The van der Waals surface area contributed by atoms with Crippen LogP contribution in [0.5, 0.6) is 5.75 Å². The van der Waals surface area contributed by atoms with Gasteiger partial charge >= 0.3 is 0 Å². The van der Waals surface area contributed by atoms with Crippen molar-refractivity contribution < 1.29 is 9.53 Å². The Labute approximate surface area is 109 Å². The normalized spacial score (nSPS) is 18.3. The molecule has 2 aromatic rings. The molecule has 4 nitrogen and oxygen atoms in total. The molecule has 0 radical (unpaired) electrons. The smallest absolute Gasteiger partial charge is 0.170 e. The van der Waals surface area contributed by atoms with Gasteiger partial charge in [-0.1, -0.05) is 11.6 Å². The fourth-order valence-electron chi connectivity index (χ4n) is 2.14. The van der Waals surface area contributed by atoms with Gasteiger partial charge in [0.05, 0.1) is 30.2 Å². The predicted molar refractivity (Wildman–Crippen MR) is 67.0 cm³/mol. The molecule has 0 saturated heterocycles. The maximum Gasteiger partial charge on any atom is 0.170 e. The van der Waals surface area contributed by atoms with Crippen molar-refractivity contribution in [2.24, 2.45) is 7.05 Å². The summed E-state index contributed by atoms with van der Waals surface area (Å²) in [5.41, 5.74) is 1.45. The Hall–Kier alpha value is -1.81. The zero-order valence-corrected chi connectivity index (χ0v) is 10.5. The first-order chi connectivity index (χ1) is 8.65. The molecule has 1 aliphatic heterocycles. The molecule has 0 fully saturated rings. The van der Waals surface area contributed by atoms with Crippen LogP contribution in [-0.2, 0) is 7.05 Å². The number of ketones is 1. The van der Waals surface area contributed by atoms with Crippen LogP contribution >= 0.6 is 11.6 Å². The van der Waals surface area contributed by atoms with Gasteiger partial charge < -0.3 is 9.30 Å². The summed E-state index contributed by atoms with van der Waals surface area (Å²) < 4.78 is 7.70. The molecular weight excluding hydrogens is 252 g/mol. The SMILES string of the molecule is Cn1cncc1C1CC(=O)c2cc(Cl)ccc2O1. The van der Waals surface area contributed by atoms with Crippen molar-refractivity contribution in [1.29, 1.82) is 0 Å². The fourth-order valence-corrected chi connectivity index (χ4v) is 2.31. The van der Waals surface area contributed by atoms with E-state index in [9.17, 15) is 4.79 Å². The lowest BCUT2D eigenvalue weighted by molar-refractivity contribution is 0.0841. The molecule has 0 aliphatic carbocycles. The lowest BCUT2D eigenvalue weighted by Crippen LogP contribution is -2.22. The van der Waals surface area contributed by atoms with Crippen molar-refractivity contribution >= 4 is 17.4 Å². The molecular formula is C13H11ClN2O2. The monoisotopic (exact) mass is 262 g/mol. The van der Waals surface area contributed by atoms with Crippen LogP contribution < -0.4 is 4.74 Å². The molecule has 18 heavy (non-hydrogen) atoms. The van der Waals surface area contributed by atoms with Crippen LogP contribution in [0.15, 0.2) is 30.7 Å². The molecule has 5 heteroatoms. The van der Waals surface area contributed by atoms with E-state index in [0.717, 1.165) is 5.69 Å². The number of hydrogen-bond acceptors (Lipinski definition) is 3. The summed E-state index contributed by atoms with van der Waals surface area (Å²) >= 11 is 5.88. The number of carbonyl (C=O) groups excluding carboxylic acids is 1. The fraction of sp³-hybridized carbons (Fsp3) is 0.231. The van der Waals surface area contributed by atoms with Crippen LogP contribution in [0, 0.1) is 0 Å². The minimum atomic E-state index is -0.279. The standard InChI is InChI=1S/C13H11ClN2O2/c1-16-7-15-6-10(16)13-5-11(17)9-4-8(14)2-3-12(9)18-13/h2-4,6-7,13H,5H2,1H3. The van der Waals surface area contributed by atoms with Gasteiger partial charge in [-0.25, -0.2) is 4.98 Å². The van der Waals surface area contributed by atoms with E-state index in [1.54, 1.807) is 30.7 Å². The van der Waals surface area contributed by atoms with Gasteiger partial charge in [0.15, 0.2) is 5.78 Å². The van der Waals surface area contributed by atoms with Gasteiger partial charge in [-0.05, 0) is 18.2 Å². The molecule has 3 rings (SSSR count). The number of benzene rings is 1. The number of halogens is 1. The summed E-state index contributed by atoms with van der Waals surface area (Å²) in [5.74, 6) is 0.631. The summed E-state index contributed by atoms with van der Waals surface area (Å²) in [7, 11) is 1.88. The van der Waals surface area contributed by atoms with E-state index in [1.165, 1.54) is 0 Å². The van der Waals surface area contributed by atoms with Crippen LogP contribution in [0.2, 0.25) is 5.02 Å². The van der Waals surface area contributed by atoms with Gasteiger partial charge in [0.25, 0.3) is 0 Å². The highest BCUT2D eigenvalue weighted by molar-refractivity contribution is 6.31. The van der Waals surface area contributed by atoms with Crippen LogP contribution in [-0.4, -0.2) is 15.3 Å². The van der Waals surface area contributed by atoms with E-state index in [2.05, 4.69) is 4.98 Å². The van der Waals surface area contributed by atoms with Gasteiger partial charge in [-0.3, -0.25) is 4.79 Å². The molecule has 0 saturated carbocycles. The first-order valence-electron chi connectivity index (χ1n) is 5.61. The van der Waals surface area contributed by atoms with Crippen molar-refractivity contribution in [1.82, 2.24) is 9.55 Å². The number of ether oxygens (including phenoxy) is 1. The molecule has 0 N–H and O–H groups in total. The third kappa shape index (κ3) is 1.78. The van der Waals surface area contributed by atoms with Crippen molar-refractivity contribution in [2.75, 3.05) is 0 Å². The summed E-state index contributed by atoms with van der Waals surface area (Å²) in [6, 6.07) is 5.11. The van der Waals surface area contributed by atoms with Crippen LogP contribution in [0.4, 0.5) is 0 Å². The van der Waals surface area contributed by atoms with Gasteiger partial charge in [0, 0.05) is 12.1 Å². The molecule has 0 amide bonds. The average Bonchev–Trinajstić information content (AvgIpc) is 2.76. The Kier molecular flexibility index (Phi) is 2.59. The highest BCUT2D eigenvalue weighted by Crippen LogP contribution is 2.35. The van der Waals surface area contributed by atoms with E-state index in [4.69, 9.17) is 16.3 Å². The lowest BCUT2D eigenvalue weighted by atomic mass is 9.99. The molecule has 2 heterocycles. The second kappa shape index (κ2) is 4.14. The van der Waals surface area contributed by atoms with Crippen molar-refractivity contribution in [2.45, 2.75) is 12.5 Å². The Morgan fingerprint density at radius 3 is 3.06 bits per heavy atom. The van der Waals surface area contributed by atoms with Gasteiger partial charge in [-0.2, -0.15) is 0 Å². The van der Waals surface area contributed by atoms with Crippen molar-refractivity contribution in [3.05, 3.63) is 47.0 Å². The summed E-state index contributed by atoms with van der Waals surface area (Å²) in [6.07, 6.45) is 3.45. The second-order valence-corrected chi connectivity index (χ2v) is 4.74. The van der Waals surface area contributed by atoms with E-state index < -0.39 is 0 Å². The summed E-state index contributed by atoms with van der Waals surface area (Å²) in [5, 5.41) is 0.546. The highest BCUT2D eigenvalue weighted by Gasteiger charge is 2.29. The van der Waals surface area contributed by atoms with E-state index in [1.807, 2.05) is 11.6 Å². The van der Waals surface area contributed by atoms with Crippen molar-refractivity contribution in [3.63, 3.8) is 0 Å². The van der Waals surface area contributed by atoms with E-state index in [-0.39, 0.29) is 11.9 Å². The minimum absolute atomic E-state index is 0.0463. The van der Waals surface area contributed by atoms with Crippen LogP contribution in [0.25, 0.3) is 0 Å².